The summed E-state index contributed by atoms with van der Waals surface area (Å²) in [6.07, 6.45) is 6.39. The van der Waals surface area contributed by atoms with Gasteiger partial charge in [-0.05, 0) is 62.2 Å². The van der Waals surface area contributed by atoms with Gasteiger partial charge in [-0.1, -0.05) is 40.5 Å². The zero-order valence-corrected chi connectivity index (χ0v) is 18.8. The number of hydrogen-bond donors (Lipinski definition) is 2. The van der Waals surface area contributed by atoms with E-state index in [4.69, 9.17) is 9.47 Å². The van der Waals surface area contributed by atoms with Crippen molar-refractivity contribution in [1.29, 1.82) is 0 Å². The maximum atomic E-state index is 12.8. The molecule has 2 aliphatic carbocycles. The maximum absolute atomic E-state index is 12.8. The standard InChI is InChI=1S/C24H38O6/c1-5-7-16(24(22(27)28)12-20-18(30-20)9-14(24)4)15(6-2)10-23(21(25)26)11-19-17(29-19)8-13(23)3/h13-20H,5-12H2,1-4H3,(H,25,26)(H,27,28). The molecular formula is C24H38O6. The Morgan fingerprint density at radius 1 is 0.933 bits per heavy atom. The van der Waals surface area contributed by atoms with E-state index >= 15 is 0 Å². The lowest BCUT2D eigenvalue weighted by Gasteiger charge is -2.49. The monoisotopic (exact) mass is 422 g/mol. The number of carboxylic acid groups (broad SMARTS) is 2. The first kappa shape index (κ1) is 22.1. The van der Waals surface area contributed by atoms with Gasteiger partial charge in [-0.25, -0.2) is 0 Å². The highest BCUT2D eigenvalue weighted by Crippen LogP contribution is 2.60. The highest BCUT2D eigenvalue weighted by molar-refractivity contribution is 5.77. The van der Waals surface area contributed by atoms with Crippen LogP contribution in [0.5, 0.6) is 0 Å². The lowest BCUT2D eigenvalue weighted by atomic mass is 9.53. The van der Waals surface area contributed by atoms with Gasteiger partial charge in [0.1, 0.15) is 0 Å². The highest BCUT2D eigenvalue weighted by atomic mass is 16.6. The van der Waals surface area contributed by atoms with Crippen LogP contribution in [0, 0.1) is 34.5 Å². The van der Waals surface area contributed by atoms with Crippen molar-refractivity contribution in [3.05, 3.63) is 0 Å². The molecule has 4 aliphatic rings. The Morgan fingerprint density at radius 2 is 1.53 bits per heavy atom. The van der Waals surface area contributed by atoms with E-state index in [2.05, 4.69) is 20.8 Å². The molecule has 2 heterocycles. The van der Waals surface area contributed by atoms with E-state index in [-0.39, 0.29) is 48.1 Å². The molecule has 0 amide bonds. The molecule has 0 bridgehead atoms. The van der Waals surface area contributed by atoms with Crippen LogP contribution in [-0.2, 0) is 19.1 Å². The van der Waals surface area contributed by atoms with Crippen LogP contribution in [0.25, 0.3) is 0 Å². The molecule has 6 nitrogen and oxygen atoms in total. The van der Waals surface area contributed by atoms with E-state index in [1.165, 1.54) is 0 Å². The van der Waals surface area contributed by atoms with Gasteiger partial charge in [0.05, 0.1) is 35.2 Å². The number of ether oxygens (including phenoxy) is 2. The summed E-state index contributed by atoms with van der Waals surface area (Å²) in [6.45, 7) is 8.33. The second kappa shape index (κ2) is 7.77. The van der Waals surface area contributed by atoms with Crippen LogP contribution in [0.1, 0.15) is 79.1 Å². The summed E-state index contributed by atoms with van der Waals surface area (Å²) in [7, 11) is 0. The van der Waals surface area contributed by atoms with E-state index in [1.54, 1.807) is 0 Å². The van der Waals surface area contributed by atoms with Gasteiger partial charge in [-0.2, -0.15) is 0 Å². The number of aliphatic carboxylic acids is 2. The number of carbonyl (C=O) groups is 2. The Hall–Kier alpha value is -1.14. The molecule has 170 valence electrons. The van der Waals surface area contributed by atoms with Gasteiger partial charge in [0.15, 0.2) is 0 Å². The normalized spacial score (nSPS) is 46.3. The molecule has 0 spiro atoms. The first-order valence-corrected chi connectivity index (χ1v) is 12.0. The van der Waals surface area contributed by atoms with E-state index in [9.17, 15) is 19.8 Å². The fraction of sp³-hybridized carbons (Fsp3) is 0.917. The van der Waals surface area contributed by atoms with Crippen LogP contribution >= 0.6 is 0 Å². The SMILES string of the molecule is CCCC(C(CC)CC1(C(=O)O)CC2OC2CC1C)C1(C(=O)O)CC2OC2CC1C. The summed E-state index contributed by atoms with van der Waals surface area (Å²) in [4.78, 5) is 25.4. The van der Waals surface area contributed by atoms with Crippen LogP contribution in [0.15, 0.2) is 0 Å². The van der Waals surface area contributed by atoms with E-state index in [1.807, 2.05) is 6.92 Å². The van der Waals surface area contributed by atoms with Crippen molar-refractivity contribution in [2.24, 2.45) is 34.5 Å². The number of epoxide rings is 2. The smallest absolute Gasteiger partial charge is 0.310 e. The summed E-state index contributed by atoms with van der Waals surface area (Å²) < 4.78 is 11.5. The van der Waals surface area contributed by atoms with Gasteiger partial charge < -0.3 is 19.7 Å². The molecule has 10 atom stereocenters. The molecule has 0 aromatic carbocycles. The molecule has 4 fully saturated rings. The Labute approximate surface area is 179 Å². The van der Waals surface area contributed by atoms with Crippen molar-refractivity contribution in [3.8, 4) is 0 Å². The number of hydrogen-bond acceptors (Lipinski definition) is 4. The average molecular weight is 423 g/mol. The van der Waals surface area contributed by atoms with Crippen LogP contribution in [0.3, 0.4) is 0 Å². The topological polar surface area (TPSA) is 99.7 Å². The molecule has 4 rings (SSSR count). The first-order chi connectivity index (χ1) is 14.2. The Balaban J connectivity index is 1.67. The molecule has 0 aromatic rings. The van der Waals surface area contributed by atoms with Gasteiger partial charge in [-0.3, -0.25) is 9.59 Å². The largest absolute Gasteiger partial charge is 0.481 e. The van der Waals surface area contributed by atoms with Crippen molar-refractivity contribution in [3.63, 3.8) is 0 Å². The minimum absolute atomic E-state index is 0.0325. The lowest BCUT2D eigenvalue weighted by molar-refractivity contribution is -0.165. The number of rotatable bonds is 9. The van der Waals surface area contributed by atoms with E-state index in [0.717, 1.165) is 32.1 Å². The molecule has 2 aliphatic heterocycles. The van der Waals surface area contributed by atoms with Crippen molar-refractivity contribution < 1.29 is 29.3 Å². The first-order valence-electron chi connectivity index (χ1n) is 12.0. The predicted octanol–water partition coefficient (Wildman–Crippen LogP) is 4.36. The molecule has 2 saturated carbocycles. The van der Waals surface area contributed by atoms with Crippen LogP contribution in [-0.4, -0.2) is 46.6 Å². The minimum Gasteiger partial charge on any atom is -0.481 e. The number of fused-ring (bicyclic) bond motifs is 2. The van der Waals surface area contributed by atoms with Crippen molar-refractivity contribution >= 4 is 11.9 Å². The maximum Gasteiger partial charge on any atom is 0.310 e. The predicted molar refractivity (Wildman–Crippen MR) is 111 cm³/mol. The van der Waals surface area contributed by atoms with Gasteiger partial charge in [0.25, 0.3) is 0 Å². The fourth-order valence-corrected chi connectivity index (χ4v) is 7.27. The Morgan fingerprint density at radius 3 is 2.07 bits per heavy atom. The molecule has 0 aromatic heterocycles. The molecule has 2 saturated heterocycles. The van der Waals surface area contributed by atoms with Gasteiger partial charge >= 0.3 is 11.9 Å². The Kier molecular flexibility index (Phi) is 5.72. The zero-order valence-electron chi connectivity index (χ0n) is 18.8. The lowest BCUT2D eigenvalue weighted by Crippen LogP contribution is -2.52. The van der Waals surface area contributed by atoms with Crippen molar-refractivity contribution in [2.45, 2.75) is 103 Å². The summed E-state index contributed by atoms with van der Waals surface area (Å²) >= 11 is 0. The third-order valence-electron chi connectivity index (χ3n) is 9.28. The highest BCUT2D eigenvalue weighted by Gasteiger charge is 2.63. The molecule has 2 N–H and O–H groups in total. The summed E-state index contributed by atoms with van der Waals surface area (Å²) in [6, 6.07) is 0. The third kappa shape index (κ3) is 3.38. The van der Waals surface area contributed by atoms with Crippen molar-refractivity contribution in [2.75, 3.05) is 0 Å². The summed E-state index contributed by atoms with van der Waals surface area (Å²) in [5.41, 5.74) is -1.65. The van der Waals surface area contributed by atoms with Gasteiger partial charge in [-0.15, -0.1) is 0 Å². The molecule has 10 unspecified atom stereocenters. The van der Waals surface area contributed by atoms with E-state index in [0.29, 0.717) is 19.3 Å². The van der Waals surface area contributed by atoms with Crippen LogP contribution in [0.2, 0.25) is 0 Å². The third-order valence-corrected chi connectivity index (χ3v) is 9.28. The van der Waals surface area contributed by atoms with E-state index < -0.39 is 22.8 Å². The molecule has 30 heavy (non-hydrogen) atoms. The van der Waals surface area contributed by atoms with Crippen molar-refractivity contribution in [1.82, 2.24) is 0 Å². The Bertz CT molecular complexity index is 693. The minimum atomic E-state index is -0.829. The molecule has 0 radical (unpaired) electrons. The van der Waals surface area contributed by atoms with Crippen LogP contribution in [0.4, 0.5) is 0 Å². The molecular weight excluding hydrogens is 384 g/mol. The molecule has 6 heteroatoms. The van der Waals surface area contributed by atoms with Gasteiger partial charge in [0.2, 0.25) is 0 Å². The summed E-state index contributed by atoms with van der Waals surface area (Å²) in [5, 5.41) is 20.9. The average Bonchev–Trinajstić information content (AvgIpc) is 3.59. The second-order valence-electron chi connectivity index (χ2n) is 10.7. The summed E-state index contributed by atoms with van der Waals surface area (Å²) in [5.74, 6) is -1.35. The van der Waals surface area contributed by atoms with Gasteiger partial charge in [0, 0.05) is 0 Å². The number of carboxylic acids is 2. The second-order valence-corrected chi connectivity index (χ2v) is 10.7. The zero-order chi connectivity index (χ0) is 21.8. The fourth-order valence-electron chi connectivity index (χ4n) is 7.27. The van der Waals surface area contributed by atoms with Crippen LogP contribution < -0.4 is 0 Å². The quantitative estimate of drug-likeness (QED) is 0.536.